The Hall–Kier alpha value is -0.170. The van der Waals surface area contributed by atoms with Crippen LogP contribution in [0.3, 0.4) is 0 Å². The molecule has 2 saturated heterocycles. The Kier molecular flexibility index (Phi) is 4.88. The number of rotatable bonds is 6. The molecule has 0 aromatic rings. The Labute approximate surface area is 128 Å². The SMILES string of the molecule is CS(=O)(=O)N1CC[C@H](OCC[C@@H]2C[C@@H]2C2CCNCC2)C1. The highest BCUT2D eigenvalue weighted by atomic mass is 32.2. The first-order valence-corrected chi connectivity index (χ1v) is 10.2. The molecule has 3 fully saturated rings. The molecule has 1 N–H and O–H groups in total. The van der Waals surface area contributed by atoms with Crippen LogP contribution in [0.15, 0.2) is 0 Å². The molecule has 0 aromatic carbocycles. The standard InChI is InChI=1S/C15H28N2O3S/c1-21(18,19)17-8-4-14(11-17)20-9-5-13-10-15(13)12-2-6-16-7-3-12/h12-16H,2-11H2,1H3/t13-,14+,15-/m1/s1. The summed E-state index contributed by atoms with van der Waals surface area (Å²) >= 11 is 0. The lowest BCUT2D eigenvalue weighted by Gasteiger charge is -2.22. The second kappa shape index (κ2) is 6.52. The van der Waals surface area contributed by atoms with E-state index in [2.05, 4.69) is 5.32 Å². The zero-order valence-electron chi connectivity index (χ0n) is 13.0. The number of nitrogens with one attached hydrogen (secondary N) is 1. The third-order valence-corrected chi connectivity index (χ3v) is 6.66. The summed E-state index contributed by atoms with van der Waals surface area (Å²) in [6.07, 6.45) is 7.45. The molecule has 2 heterocycles. The van der Waals surface area contributed by atoms with Crippen molar-refractivity contribution in [1.82, 2.24) is 9.62 Å². The molecule has 2 aliphatic heterocycles. The van der Waals surface area contributed by atoms with E-state index in [9.17, 15) is 8.42 Å². The quantitative estimate of drug-likeness (QED) is 0.796. The van der Waals surface area contributed by atoms with E-state index in [0.29, 0.717) is 13.1 Å². The van der Waals surface area contributed by atoms with E-state index in [0.717, 1.165) is 37.2 Å². The van der Waals surface area contributed by atoms with Gasteiger partial charge in [-0.25, -0.2) is 8.42 Å². The van der Waals surface area contributed by atoms with Gasteiger partial charge in [0.15, 0.2) is 0 Å². The number of piperidine rings is 1. The van der Waals surface area contributed by atoms with Crippen molar-refractivity contribution in [3.05, 3.63) is 0 Å². The van der Waals surface area contributed by atoms with Crippen LogP contribution in [0.1, 0.15) is 32.1 Å². The molecule has 0 aromatic heterocycles. The molecular weight excluding hydrogens is 288 g/mol. The molecule has 3 aliphatic rings. The molecule has 21 heavy (non-hydrogen) atoms. The van der Waals surface area contributed by atoms with Crippen LogP contribution < -0.4 is 5.32 Å². The predicted octanol–water partition coefficient (Wildman–Crippen LogP) is 1.06. The van der Waals surface area contributed by atoms with Crippen LogP contribution in [0.4, 0.5) is 0 Å². The minimum atomic E-state index is -3.04. The molecule has 1 saturated carbocycles. The first-order chi connectivity index (χ1) is 10.0. The maximum absolute atomic E-state index is 11.5. The monoisotopic (exact) mass is 316 g/mol. The summed E-state index contributed by atoms with van der Waals surface area (Å²) < 4.78 is 30.3. The lowest BCUT2D eigenvalue weighted by atomic mass is 9.91. The molecule has 0 spiro atoms. The fourth-order valence-electron chi connectivity index (χ4n) is 3.97. The van der Waals surface area contributed by atoms with Gasteiger partial charge in [-0.1, -0.05) is 0 Å². The zero-order valence-corrected chi connectivity index (χ0v) is 13.8. The average molecular weight is 316 g/mol. The number of sulfonamides is 1. The van der Waals surface area contributed by atoms with E-state index >= 15 is 0 Å². The van der Waals surface area contributed by atoms with Crippen molar-refractivity contribution in [2.24, 2.45) is 17.8 Å². The molecular formula is C15H28N2O3S. The number of ether oxygens (including phenoxy) is 1. The van der Waals surface area contributed by atoms with E-state index in [4.69, 9.17) is 4.74 Å². The largest absolute Gasteiger partial charge is 0.377 e. The maximum atomic E-state index is 11.5. The van der Waals surface area contributed by atoms with Crippen LogP contribution in [-0.4, -0.2) is 57.9 Å². The van der Waals surface area contributed by atoms with Crippen molar-refractivity contribution in [1.29, 1.82) is 0 Å². The van der Waals surface area contributed by atoms with Crippen molar-refractivity contribution in [2.45, 2.75) is 38.2 Å². The zero-order chi connectivity index (χ0) is 14.9. The molecule has 0 unspecified atom stereocenters. The van der Waals surface area contributed by atoms with Crippen LogP contribution in [0.25, 0.3) is 0 Å². The van der Waals surface area contributed by atoms with E-state index in [1.165, 1.54) is 42.9 Å². The Morgan fingerprint density at radius 3 is 2.67 bits per heavy atom. The molecule has 6 heteroatoms. The van der Waals surface area contributed by atoms with Gasteiger partial charge in [0.1, 0.15) is 0 Å². The topological polar surface area (TPSA) is 58.6 Å². The molecule has 0 amide bonds. The highest BCUT2D eigenvalue weighted by Gasteiger charge is 2.42. The smallest absolute Gasteiger partial charge is 0.211 e. The van der Waals surface area contributed by atoms with Crippen LogP contribution in [0.2, 0.25) is 0 Å². The van der Waals surface area contributed by atoms with Crippen molar-refractivity contribution in [3.63, 3.8) is 0 Å². The highest BCUT2D eigenvalue weighted by Crippen LogP contribution is 2.49. The molecule has 122 valence electrons. The first kappa shape index (κ1) is 15.7. The van der Waals surface area contributed by atoms with Gasteiger partial charge in [-0.2, -0.15) is 4.31 Å². The summed E-state index contributed by atoms with van der Waals surface area (Å²) in [5.41, 5.74) is 0. The molecule has 0 radical (unpaired) electrons. The summed E-state index contributed by atoms with van der Waals surface area (Å²) in [7, 11) is -3.04. The second-order valence-corrected chi connectivity index (χ2v) is 8.92. The van der Waals surface area contributed by atoms with E-state index < -0.39 is 10.0 Å². The summed E-state index contributed by atoms with van der Waals surface area (Å²) in [6, 6.07) is 0. The number of hydrogen-bond acceptors (Lipinski definition) is 4. The normalized spacial score (nSPS) is 35.2. The summed E-state index contributed by atoms with van der Waals surface area (Å²) in [4.78, 5) is 0. The molecule has 0 bridgehead atoms. The van der Waals surface area contributed by atoms with E-state index in [-0.39, 0.29) is 6.10 Å². The third kappa shape index (κ3) is 4.18. The van der Waals surface area contributed by atoms with Crippen LogP contribution in [0.5, 0.6) is 0 Å². The minimum Gasteiger partial charge on any atom is -0.377 e. The second-order valence-electron chi connectivity index (χ2n) is 6.94. The average Bonchev–Trinajstić information content (AvgIpc) is 3.05. The molecule has 1 aliphatic carbocycles. The fraction of sp³-hybridized carbons (Fsp3) is 1.00. The third-order valence-electron chi connectivity index (χ3n) is 5.39. The van der Waals surface area contributed by atoms with Gasteiger partial charge in [0.25, 0.3) is 0 Å². The van der Waals surface area contributed by atoms with E-state index in [1.807, 2.05) is 0 Å². The van der Waals surface area contributed by atoms with Gasteiger partial charge >= 0.3 is 0 Å². The van der Waals surface area contributed by atoms with E-state index in [1.54, 1.807) is 0 Å². The predicted molar refractivity (Wildman–Crippen MR) is 82.6 cm³/mol. The van der Waals surface area contributed by atoms with Crippen LogP contribution >= 0.6 is 0 Å². The van der Waals surface area contributed by atoms with Gasteiger partial charge in [-0.3, -0.25) is 0 Å². The highest BCUT2D eigenvalue weighted by molar-refractivity contribution is 7.88. The lowest BCUT2D eigenvalue weighted by Crippen LogP contribution is -2.29. The van der Waals surface area contributed by atoms with Crippen molar-refractivity contribution in [3.8, 4) is 0 Å². The van der Waals surface area contributed by atoms with Gasteiger partial charge in [0.2, 0.25) is 10.0 Å². The van der Waals surface area contributed by atoms with Gasteiger partial charge in [-0.05, 0) is 62.9 Å². The van der Waals surface area contributed by atoms with Crippen LogP contribution in [-0.2, 0) is 14.8 Å². The fourth-order valence-corrected chi connectivity index (χ4v) is 4.85. The molecule has 3 rings (SSSR count). The van der Waals surface area contributed by atoms with Gasteiger partial charge in [-0.15, -0.1) is 0 Å². The molecule has 3 atom stereocenters. The van der Waals surface area contributed by atoms with Crippen molar-refractivity contribution < 1.29 is 13.2 Å². The lowest BCUT2D eigenvalue weighted by molar-refractivity contribution is 0.0581. The summed E-state index contributed by atoms with van der Waals surface area (Å²) in [5, 5.41) is 3.43. The molecule has 5 nitrogen and oxygen atoms in total. The number of hydrogen-bond donors (Lipinski definition) is 1. The van der Waals surface area contributed by atoms with Gasteiger partial charge < -0.3 is 10.1 Å². The Morgan fingerprint density at radius 2 is 2.00 bits per heavy atom. The number of nitrogens with zero attached hydrogens (tertiary/aromatic N) is 1. The maximum Gasteiger partial charge on any atom is 0.211 e. The van der Waals surface area contributed by atoms with Crippen LogP contribution in [0, 0.1) is 17.8 Å². The summed E-state index contributed by atoms with van der Waals surface area (Å²) in [5.74, 6) is 2.73. The summed E-state index contributed by atoms with van der Waals surface area (Å²) in [6.45, 7) is 4.34. The van der Waals surface area contributed by atoms with Crippen molar-refractivity contribution >= 4 is 10.0 Å². The minimum absolute atomic E-state index is 0.107. The van der Waals surface area contributed by atoms with Gasteiger partial charge in [0, 0.05) is 19.7 Å². The van der Waals surface area contributed by atoms with Crippen molar-refractivity contribution in [2.75, 3.05) is 39.0 Å². The van der Waals surface area contributed by atoms with Gasteiger partial charge in [0.05, 0.1) is 12.4 Å². The Morgan fingerprint density at radius 1 is 1.24 bits per heavy atom. The Balaban J connectivity index is 1.31. The Bertz CT molecular complexity index is 448. The first-order valence-electron chi connectivity index (χ1n) is 8.31.